The molecular formula is C15H16N2O2. The first-order valence-corrected chi connectivity index (χ1v) is 5.97. The summed E-state index contributed by atoms with van der Waals surface area (Å²) in [4.78, 5) is 12.1. The molecule has 4 N–H and O–H groups in total. The van der Waals surface area contributed by atoms with E-state index in [1.54, 1.807) is 36.4 Å². The van der Waals surface area contributed by atoms with Gasteiger partial charge in [0.15, 0.2) is 0 Å². The molecule has 19 heavy (non-hydrogen) atoms. The number of aliphatic hydroxyl groups excluding tert-OH is 1. The van der Waals surface area contributed by atoms with Crippen molar-refractivity contribution in [3.05, 3.63) is 59.2 Å². The van der Waals surface area contributed by atoms with Crippen LogP contribution in [-0.2, 0) is 6.61 Å². The number of nitrogens with one attached hydrogen (secondary N) is 1. The lowest BCUT2D eigenvalue weighted by molar-refractivity contribution is 0.102. The summed E-state index contributed by atoms with van der Waals surface area (Å²) < 4.78 is 0. The number of nitrogen functional groups attached to an aromatic ring is 1. The number of aryl methyl sites for hydroxylation is 1. The number of amides is 1. The number of benzene rings is 2. The molecule has 0 atom stereocenters. The van der Waals surface area contributed by atoms with Crippen molar-refractivity contribution >= 4 is 17.3 Å². The summed E-state index contributed by atoms with van der Waals surface area (Å²) in [5, 5.41) is 11.8. The molecule has 0 unspecified atom stereocenters. The van der Waals surface area contributed by atoms with Gasteiger partial charge in [0.25, 0.3) is 5.91 Å². The molecule has 0 aliphatic heterocycles. The third kappa shape index (κ3) is 3.11. The molecular weight excluding hydrogens is 240 g/mol. The van der Waals surface area contributed by atoms with Crippen LogP contribution >= 0.6 is 0 Å². The first-order valence-electron chi connectivity index (χ1n) is 5.97. The Morgan fingerprint density at radius 1 is 1.26 bits per heavy atom. The largest absolute Gasteiger partial charge is 0.398 e. The molecule has 0 bridgehead atoms. The Kier molecular flexibility index (Phi) is 3.82. The van der Waals surface area contributed by atoms with E-state index in [1.165, 1.54) is 0 Å². The predicted molar refractivity (Wildman–Crippen MR) is 75.9 cm³/mol. The highest BCUT2D eigenvalue weighted by Crippen LogP contribution is 2.17. The maximum absolute atomic E-state index is 12.1. The van der Waals surface area contributed by atoms with Crippen LogP contribution in [0.1, 0.15) is 21.5 Å². The summed E-state index contributed by atoms with van der Waals surface area (Å²) in [7, 11) is 0. The lowest BCUT2D eigenvalue weighted by Gasteiger charge is -2.09. The highest BCUT2D eigenvalue weighted by Gasteiger charge is 2.10. The first-order chi connectivity index (χ1) is 9.10. The van der Waals surface area contributed by atoms with Crippen LogP contribution in [0.3, 0.4) is 0 Å². The SMILES string of the molecule is Cc1ccc(N)c(C(=O)Nc2cccc(CO)c2)c1. The van der Waals surface area contributed by atoms with E-state index in [0.29, 0.717) is 16.9 Å². The zero-order valence-corrected chi connectivity index (χ0v) is 10.7. The van der Waals surface area contributed by atoms with Crippen molar-refractivity contribution in [1.29, 1.82) is 0 Å². The molecule has 2 aromatic rings. The topological polar surface area (TPSA) is 75.4 Å². The molecule has 0 aromatic heterocycles. The Balaban J connectivity index is 2.23. The highest BCUT2D eigenvalue weighted by atomic mass is 16.3. The quantitative estimate of drug-likeness (QED) is 0.738. The number of hydrogen-bond donors (Lipinski definition) is 3. The number of carbonyl (C=O) groups excluding carboxylic acids is 1. The molecule has 0 heterocycles. The van der Waals surface area contributed by atoms with Crippen LogP contribution in [0.25, 0.3) is 0 Å². The highest BCUT2D eigenvalue weighted by molar-refractivity contribution is 6.07. The van der Waals surface area contributed by atoms with E-state index in [9.17, 15) is 4.79 Å². The molecule has 4 heteroatoms. The second kappa shape index (κ2) is 5.54. The summed E-state index contributed by atoms with van der Waals surface area (Å²) in [5.41, 5.74) is 9.06. The van der Waals surface area contributed by atoms with Crippen molar-refractivity contribution in [2.24, 2.45) is 0 Å². The van der Waals surface area contributed by atoms with E-state index in [-0.39, 0.29) is 12.5 Å². The number of nitrogens with two attached hydrogens (primary N) is 1. The summed E-state index contributed by atoms with van der Waals surface area (Å²) in [6, 6.07) is 12.4. The molecule has 0 aliphatic carbocycles. The zero-order valence-electron chi connectivity index (χ0n) is 10.7. The van der Waals surface area contributed by atoms with E-state index in [2.05, 4.69) is 5.32 Å². The Hall–Kier alpha value is -2.33. The smallest absolute Gasteiger partial charge is 0.257 e. The van der Waals surface area contributed by atoms with Gasteiger partial charge in [0, 0.05) is 11.4 Å². The Morgan fingerprint density at radius 3 is 2.79 bits per heavy atom. The molecule has 0 saturated heterocycles. The third-order valence-electron chi connectivity index (χ3n) is 2.82. The van der Waals surface area contributed by atoms with Gasteiger partial charge in [-0.3, -0.25) is 4.79 Å². The van der Waals surface area contributed by atoms with E-state index < -0.39 is 0 Å². The first kappa shape index (κ1) is 13.1. The van der Waals surface area contributed by atoms with Gasteiger partial charge in [0.05, 0.1) is 12.2 Å². The average molecular weight is 256 g/mol. The maximum Gasteiger partial charge on any atom is 0.257 e. The maximum atomic E-state index is 12.1. The van der Waals surface area contributed by atoms with Crippen LogP contribution < -0.4 is 11.1 Å². The average Bonchev–Trinajstić information content (AvgIpc) is 2.41. The van der Waals surface area contributed by atoms with Gasteiger partial charge in [-0.05, 0) is 36.8 Å². The van der Waals surface area contributed by atoms with Crippen molar-refractivity contribution in [1.82, 2.24) is 0 Å². The van der Waals surface area contributed by atoms with Crippen molar-refractivity contribution in [3.8, 4) is 0 Å². The van der Waals surface area contributed by atoms with Crippen LogP contribution in [-0.4, -0.2) is 11.0 Å². The third-order valence-corrected chi connectivity index (χ3v) is 2.82. The number of anilines is 2. The predicted octanol–water partition coefficient (Wildman–Crippen LogP) is 2.32. The van der Waals surface area contributed by atoms with Crippen LogP contribution in [0.2, 0.25) is 0 Å². The van der Waals surface area contributed by atoms with Gasteiger partial charge < -0.3 is 16.2 Å². The second-order valence-corrected chi connectivity index (χ2v) is 4.40. The van der Waals surface area contributed by atoms with Crippen LogP contribution in [0, 0.1) is 6.92 Å². The minimum atomic E-state index is -0.253. The van der Waals surface area contributed by atoms with Gasteiger partial charge in [-0.25, -0.2) is 0 Å². The second-order valence-electron chi connectivity index (χ2n) is 4.40. The van der Waals surface area contributed by atoms with E-state index in [4.69, 9.17) is 10.8 Å². The fourth-order valence-corrected chi connectivity index (χ4v) is 1.81. The molecule has 0 fully saturated rings. The van der Waals surface area contributed by atoms with E-state index in [0.717, 1.165) is 11.1 Å². The van der Waals surface area contributed by atoms with E-state index in [1.807, 2.05) is 13.0 Å². The fraction of sp³-hybridized carbons (Fsp3) is 0.133. The number of hydrogen-bond acceptors (Lipinski definition) is 3. The molecule has 0 aliphatic rings. The van der Waals surface area contributed by atoms with Gasteiger partial charge in [-0.2, -0.15) is 0 Å². The summed E-state index contributed by atoms with van der Waals surface area (Å²) in [5.74, 6) is -0.253. The summed E-state index contributed by atoms with van der Waals surface area (Å²) in [6.45, 7) is 1.85. The number of rotatable bonds is 3. The minimum absolute atomic E-state index is 0.0592. The Bertz CT molecular complexity index is 609. The lowest BCUT2D eigenvalue weighted by Crippen LogP contribution is -2.14. The summed E-state index contributed by atoms with van der Waals surface area (Å²) >= 11 is 0. The van der Waals surface area contributed by atoms with Crippen molar-refractivity contribution in [2.45, 2.75) is 13.5 Å². The van der Waals surface area contributed by atoms with Crippen LogP contribution in [0.5, 0.6) is 0 Å². The number of aliphatic hydroxyl groups is 1. The Morgan fingerprint density at radius 2 is 2.05 bits per heavy atom. The van der Waals surface area contributed by atoms with Crippen molar-refractivity contribution in [2.75, 3.05) is 11.1 Å². The number of carbonyl (C=O) groups is 1. The standard InChI is InChI=1S/C15H16N2O2/c1-10-5-6-14(16)13(7-10)15(19)17-12-4-2-3-11(8-12)9-18/h2-8,18H,9,16H2,1H3,(H,17,19). The Labute approximate surface area is 111 Å². The molecule has 0 saturated carbocycles. The van der Waals surface area contributed by atoms with Crippen molar-refractivity contribution in [3.63, 3.8) is 0 Å². The van der Waals surface area contributed by atoms with Gasteiger partial charge in [-0.15, -0.1) is 0 Å². The van der Waals surface area contributed by atoms with Crippen LogP contribution in [0.15, 0.2) is 42.5 Å². The van der Waals surface area contributed by atoms with E-state index >= 15 is 0 Å². The van der Waals surface area contributed by atoms with Gasteiger partial charge in [0.2, 0.25) is 0 Å². The lowest BCUT2D eigenvalue weighted by atomic mass is 10.1. The molecule has 4 nitrogen and oxygen atoms in total. The van der Waals surface area contributed by atoms with Gasteiger partial charge in [0.1, 0.15) is 0 Å². The van der Waals surface area contributed by atoms with Crippen molar-refractivity contribution < 1.29 is 9.90 Å². The van der Waals surface area contributed by atoms with Gasteiger partial charge >= 0.3 is 0 Å². The monoisotopic (exact) mass is 256 g/mol. The molecule has 0 spiro atoms. The fourth-order valence-electron chi connectivity index (χ4n) is 1.81. The molecule has 0 radical (unpaired) electrons. The minimum Gasteiger partial charge on any atom is -0.398 e. The molecule has 2 aromatic carbocycles. The van der Waals surface area contributed by atoms with Crippen LogP contribution in [0.4, 0.5) is 11.4 Å². The molecule has 1 amide bonds. The molecule has 2 rings (SSSR count). The normalized spacial score (nSPS) is 10.2. The zero-order chi connectivity index (χ0) is 13.8. The molecule has 98 valence electrons. The van der Waals surface area contributed by atoms with Gasteiger partial charge in [-0.1, -0.05) is 23.8 Å². The summed E-state index contributed by atoms with van der Waals surface area (Å²) in [6.07, 6.45) is 0.